The molecule has 0 bridgehead atoms. The normalized spacial score (nSPS) is 10.7. The number of rotatable bonds is 6. The van der Waals surface area contributed by atoms with E-state index in [1.165, 1.54) is 42.5 Å². The number of unbranched alkanes of at least 4 members (excludes halogenated alkanes) is 1. The molecule has 0 unspecified atom stereocenters. The molecule has 0 aliphatic carbocycles. The molecular formula is C19H16ClFO4. The average Bonchev–Trinajstić information content (AvgIpc) is 2.59. The van der Waals surface area contributed by atoms with Crippen molar-refractivity contribution in [2.75, 3.05) is 0 Å². The lowest BCUT2D eigenvalue weighted by Gasteiger charge is -2.06. The number of ether oxygens (including phenoxy) is 2. The molecule has 0 atom stereocenters. The van der Waals surface area contributed by atoms with Gasteiger partial charge >= 0.3 is 11.9 Å². The summed E-state index contributed by atoms with van der Waals surface area (Å²) >= 11 is 5.57. The van der Waals surface area contributed by atoms with Gasteiger partial charge in [-0.2, -0.15) is 0 Å². The standard InChI is InChI=1S/C19H16ClFO4/c1-2-3-4-5-18(22)24-14-8-6-13(7-9-14)19(23)25-15-10-11-16(20)17(21)12-15/h4-12H,2-3H2,1H3/b5-4+. The smallest absolute Gasteiger partial charge is 0.343 e. The van der Waals surface area contributed by atoms with E-state index in [1.807, 2.05) is 6.92 Å². The Balaban J connectivity index is 1.97. The van der Waals surface area contributed by atoms with Crippen molar-refractivity contribution in [3.63, 3.8) is 0 Å². The molecule has 0 fully saturated rings. The second-order valence-corrected chi connectivity index (χ2v) is 5.51. The lowest BCUT2D eigenvalue weighted by molar-refractivity contribution is -0.129. The van der Waals surface area contributed by atoms with Crippen LogP contribution in [0.2, 0.25) is 5.02 Å². The number of halogens is 2. The van der Waals surface area contributed by atoms with E-state index < -0.39 is 17.8 Å². The zero-order valence-electron chi connectivity index (χ0n) is 13.5. The minimum Gasteiger partial charge on any atom is -0.423 e. The Morgan fingerprint density at radius 1 is 1.08 bits per heavy atom. The molecule has 6 heteroatoms. The van der Waals surface area contributed by atoms with E-state index in [1.54, 1.807) is 6.08 Å². The van der Waals surface area contributed by atoms with Crippen LogP contribution < -0.4 is 9.47 Å². The second-order valence-electron chi connectivity index (χ2n) is 5.10. The summed E-state index contributed by atoms with van der Waals surface area (Å²) in [7, 11) is 0. The molecule has 130 valence electrons. The first kappa shape index (κ1) is 18.7. The summed E-state index contributed by atoms with van der Waals surface area (Å²) in [6.07, 6.45) is 4.84. The third kappa shape index (κ3) is 5.72. The van der Waals surface area contributed by atoms with Crippen LogP contribution >= 0.6 is 11.6 Å². The van der Waals surface area contributed by atoms with Crippen LogP contribution in [-0.4, -0.2) is 11.9 Å². The number of esters is 2. The topological polar surface area (TPSA) is 52.6 Å². The van der Waals surface area contributed by atoms with Crippen LogP contribution in [0, 0.1) is 5.82 Å². The van der Waals surface area contributed by atoms with Crippen LogP contribution in [0.1, 0.15) is 30.1 Å². The minimum absolute atomic E-state index is 0.0449. The highest BCUT2D eigenvalue weighted by molar-refractivity contribution is 6.30. The van der Waals surface area contributed by atoms with Gasteiger partial charge in [0.2, 0.25) is 0 Å². The van der Waals surface area contributed by atoms with Crippen molar-refractivity contribution in [1.29, 1.82) is 0 Å². The monoisotopic (exact) mass is 362 g/mol. The van der Waals surface area contributed by atoms with Gasteiger partial charge in [0.15, 0.2) is 0 Å². The van der Waals surface area contributed by atoms with Crippen LogP contribution in [0.4, 0.5) is 4.39 Å². The van der Waals surface area contributed by atoms with Gasteiger partial charge in [-0.25, -0.2) is 14.0 Å². The third-order valence-electron chi connectivity index (χ3n) is 3.12. The molecule has 0 spiro atoms. The van der Waals surface area contributed by atoms with Crippen LogP contribution in [-0.2, 0) is 4.79 Å². The van der Waals surface area contributed by atoms with Crippen molar-refractivity contribution >= 4 is 23.5 Å². The average molecular weight is 363 g/mol. The van der Waals surface area contributed by atoms with E-state index in [4.69, 9.17) is 21.1 Å². The third-order valence-corrected chi connectivity index (χ3v) is 3.43. The molecule has 0 N–H and O–H groups in total. The van der Waals surface area contributed by atoms with Gasteiger partial charge in [0.05, 0.1) is 10.6 Å². The Hall–Kier alpha value is -2.66. The molecule has 0 saturated heterocycles. The van der Waals surface area contributed by atoms with Gasteiger partial charge in [0, 0.05) is 12.1 Å². The Kier molecular flexibility index (Phi) is 6.71. The molecule has 0 saturated carbocycles. The molecular weight excluding hydrogens is 347 g/mol. The predicted molar refractivity (Wildman–Crippen MR) is 92.5 cm³/mol. The Morgan fingerprint density at radius 3 is 2.40 bits per heavy atom. The van der Waals surface area contributed by atoms with Gasteiger partial charge in [-0.05, 0) is 42.8 Å². The molecule has 2 aromatic carbocycles. The SMILES string of the molecule is CCC/C=C/C(=O)Oc1ccc(C(=O)Oc2ccc(Cl)c(F)c2)cc1. The Morgan fingerprint density at radius 2 is 1.76 bits per heavy atom. The molecule has 2 aromatic rings. The lowest BCUT2D eigenvalue weighted by atomic mass is 10.2. The summed E-state index contributed by atoms with van der Waals surface area (Å²) in [5.74, 6) is -1.48. The number of hydrogen-bond donors (Lipinski definition) is 0. The Labute approximate surface area is 149 Å². The maximum absolute atomic E-state index is 13.3. The number of carbonyl (C=O) groups excluding carboxylic acids is 2. The van der Waals surface area contributed by atoms with Crippen molar-refractivity contribution in [2.45, 2.75) is 19.8 Å². The summed E-state index contributed by atoms with van der Waals surface area (Å²) in [4.78, 5) is 23.6. The molecule has 0 aliphatic rings. The minimum atomic E-state index is -0.676. The van der Waals surface area contributed by atoms with Gasteiger partial charge in [-0.15, -0.1) is 0 Å². The highest BCUT2D eigenvalue weighted by Crippen LogP contribution is 2.21. The van der Waals surface area contributed by atoms with Crippen LogP contribution in [0.5, 0.6) is 11.5 Å². The molecule has 4 nitrogen and oxygen atoms in total. The summed E-state index contributed by atoms with van der Waals surface area (Å²) < 4.78 is 23.5. The van der Waals surface area contributed by atoms with Crippen molar-refractivity contribution in [3.8, 4) is 11.5 Å². The van der Waals surface area contributed by atoms with E-state index in [0.717, 1.165) is 18.9 Å². The molecule has 0 heterocycles. The molecule has 0 amide bonds. The lowest BCUT2D eigenvalue weighted by Crippen LogP contribution is -2.09. The summed E-state index contributed by atoms with van der Waals surface area (Å²) in [5.41, 5.74) is 0.233. The fraction of sp³-hybridized carbons (Fsp3) is 0.158. The zero-order valence-corrected chi connectivity index (χ0v) is 14.3. The van der Waals surface area contributed by atoms with Crippen molar-refractivity contribution in [2.24, 2.45) is 0 Å². The fourth-order valence-corrected chi connectivity index (χ4v) is 1.98. The number of carbonyl (C=O) groups is 2. The molecule has 2 rings (SSSR count). The first-order chi connectivity index (χ1) is 12.0. The van der Waals surface area contributed by atoms with Gasteiger partial charge in [0.1, 0.15) is 17.3 Å². The molecule has 25 heavy (non-hydrogen) atoms. The van der Waals surface area contributed by atoms with Crippen molar-refractivity contribution in [1.82, 2.24) is 0 Å². The van der Waals surface area contributed by atoms with E-state index in [-0.39, 0.29) is 16.3 Å². The number of allylic oxidation sites excluding steroid dienone is 1. The second kappa shape index (κ2) is 8.99. The van der Waals surface area contributed by atoms with Gasteiger partial charge in [-0.3, -0.25) is 0 Å². The largest absolute Gasteiger partial charge is 0.423 e. The summed E-state index contributed by atoms with van der Waals surface area (Å²) in [6.45, 7) is 2.01. The van der Waals surface area contributed by atoms with Crippen LogP contribution in [0.15, 0.2) is 54.6 Å². The van der Waals surface area contributed by atoms with Crippen LogP contribution in [0.3, 0.4) is 0 Å². The first-order valence-electron chi connectivity index (χ1n) is 7.65. The fourth-order valence-electron chi connectivity index (χ4n) is 1.86. The quantitative estimate of drug-likeness (QED) is 0.414. The maximum Gasteiger partial charge on any atom is 0.343 e. The molecule has 0 aromatic heterocycles. The van der Waals surface area contributed by atoms with E-state index in [9.17, 15) is 14.0 Å². The van der Waals surface area contributed by atoms with E-state index in [0.29, 0.717) is 5.75 Å². The van der Waals surface area contributed by atoms with E-state index >= 15 is 0 Å². The molecule has 0 aliphatic heterocycles. The summed E-state index contributed by atoms with van der Waals surface area (Å²) in [6, 6.07) is 9.57. The van der Waals surface area contributed by atoms with Crippen molar-refractivity contribution in [3.05, 3.63) is 71.0 Å². The number of hydrogen-bond acceptors (Lipinski definition) is 4. The van der Waals surface area contributed by atoms with Crippen LogP contribution in [0.25, 0.3) is 0 Å². The number of benzene rings is 2. The van der Waals surface area contributed by atoms with Gasteiger partial charge < -0.3 is 9.47 Å². The molecule has 0 radical (unpaired) electrons. The predicted octanol–water partition coefficient (Wildman–Crippen LogP) is 4.96. The maximum atomic E-state index is 13.3. The first-order valence-corrected chi connectivity index (χ1v) is 8.03. The Bertz CT molecular complexity index is 785. The summed E-state index contributed by atoms with van der Waals surface area (Å²) in [5, 5.41) is -0.0565. The van der Waals surface area contributed by atoms with Gasteiger partial charge in [0.25, 0.3) is 0 Å². The zero-order chi connectivity index (χ0) is 18.2. The van der Waals surface area contributed by atoms with Gasteiger partial charge in [-0.1, -0.05) is 31.0 Å². The van der Waals surface area contributed by atoms with Crippen molar-refractivity contribution < 1.29 is 23.5 Å². The van der Waals surface area contributed by atoms with E-state index in [2.05, 4.69) is 0 Å². The highest BCUT2D eigenvalue weighted by Gasteiger charge is 2.11. The highest BCUT2D eigenvalue weighted by atomic mass is 35.5.